The second kappa shape index (κ2) is 9.23. The van der Waals surface area contributed by atoms with Crippen molar-refractivity contribution in [1.82, 2.24) is 5.32 Å². The zero-order valence-electron chi connectivity index (χ0n) is 15.7. The summed E-state index contributed by atoms with van der Waals surface area (Å²) in [6.07, 6.45) is 0. The van der Waals surface area contributed by atoms with Gasteiger partial charge in [-0.15, -0.1) is 0 Å². The zero-order valence-corrected chi connectivity index (χ0v) is 15.7. The molecule has 2 rings (SSSR count). The van der Waals surface area contributed by atoms with Crippen LogP contribution in [-0.4, -0.2) is 25.5 Å². The first kappa shape index (κ1) is 19.0. The van der Waals surface area contributed by atoms with Crippen LogP contribution in [0.2, 0.25) is 0 Å². The van der Waals surface area contributed by atoms with Crippen molar-refractivity contribution in [3.05, 3.63) is 59.7 Å². The lowest BCUT2D eigenvalue weighted by atomic mass is 10.1. The number of anilines is 2. The molecular formula is C21H29N3O. The van der Waals surface area contributed by atoms with Gasteiger partial charge in [0.05, 0.1) is 6.54 Å². The number of benzene rings is 2. The topological polar surface area (TPSA) is 44.4 Å². The van der Waals surface area contributed by atoms with Gasteiger partial charge in [-0.2, -0.15) is 0 Å². The molecule has 0 saturated heterocycles. The van der Waals surface area contributed by atoms with E-state index in [2.05, 4.69) is 60.6 Å². The van der Waals surface area contributed by atoms with Crippen LogP contribution in [0.3, 0.4) is 0 Å². The van der Waals surface area contributed by atoms with E-state index in [1.165, 1.54) is 11.3 Å². The van der Waals surface area contributed by atoms with Gasteiger partial charge in [-0.05, 0) is 57.0 Å². The second-order valence-corrected chi connectivity index (χ2v) is 6.23. The van der Waals surface area contributed by atoms with E-state index in [0.29, 0.717) is 0 Å². The molecule has 4 nitrogen and oxygen atoms in total. The van der Waals surface area contributed by atoms with Gasteiger partial charge in [0, 0.05) is 30.5 Å². The molecule has 0 aliphatic rings. The van der Waals surface area contributed by atoms with Crippen molar-refractivity contribution in [2.75, 3.05) is 29.9 Å². The minimum absolute atomic E-state index is 0.0264. The van der Waals surface area contributed by atoms with Crippen LogP contribution in [0.4, 0.5) is 11.4 Å². The van der Waals surface area contributed by atoms with Gasteiger partial charge in [0.25, 0.3) is 0 Å². The number of amides is 1. The van der Waals surface area contributed by atoms with Gasteiger partial charge in [0.2, 0.25) is 5.91 Å². The maximum absolute atomic E-state index is 12.2. The number of rotatable bonds is 8. The van der Waals surface area contributed by atoms with Crippen LogP contribution in [0, 0.1) is 6.92 Å². The Balaban J connectivity index is 1.92. The lowest BCUT2D eigenvalue weighted by Gasteiger charge is -2.22. The van der Waals surface area contributed by atoms with E-state index in [1.54, 1.807) is 0 Å². The van der Waals surface area contributed by atoms with Crippen LogP contribution in [0.15, 0.2) is 48.5 Å². The minimum atomic E-state index is -0.0264. The van der Waals surface area contributed by atoms with E-state index in [1.807, 2.05) is 31.2 Å². The van der Waals surface area contributed by atoms with E-state index in [0.717, 1.165) is 24.3 Å². The predicted octanol–water partition coefficient (Wildman–Crippen LogP) is 4.13. The van der Waals surface area contributed by atoms with Gasteiger partial charge in [0.15, 0.2) is 0 Å². The number of nitrogens with zero attached hydrogens (tertiary/aromatic N) is 1. The lowest BCUT2D eigenvalue weighted by molar-refractivity contribution is -0.115. The summed E-state index contributed by atoms with van der Waals surface area (Å²) < 4.78 is 0. The molecule has 1 atom stereocenters. The molecule has 0 heterocycles. The summed E-state index contributed by atoms with van der Waals surface area (Å²) in [7, 11) is 0. The number of carbonyl (C=O) groups is 1. The average Bonchev–Trinajstić information content (AvgIpc) is 2.63. The number of hydrogen-bond acceptors (Lipinski definition) is 3. The number of aryl methyl sites for hydroxylation is 1. The fourth-order valence-electron chi connectivity index (χ4n) is 2.87. The van der Waals surface area contributed by atoms with Gasteiger partial charge in [-0.25, -0.2) is 0 Å². The third-order valence-electron chi connectivity index (χ3n) is 4.48. The molecule has 25 heavy (non-hydrogen) atoms. The minimum Gasteiger partial charge on any atom is -0.372 e. The van der Waals surface area contributed by atoms with Gasteiger partial charge >= 0.3 is 0 Å². The third kappa shape index (κ3) is 5.33. The van der Waals surface area contributed by atoms with Crippen molar-refractivity contribution in [3.63, 3.8) is 0 Å². The Morgan fingerprint density at radius 3 is 2.36 bits per heavy atom. The Morgan fingerprint density at radius 2 is 1.76 bits per heavy atom. The predicted molar refractivity (Wildman–Crippen MR) is 106 cm³/mol. The molecule has 1 unspecified atom stereocenters. The van der Waals surface area contributed by atoms with E-state index in [-0.39, 0.29) is 18.5 Å². The van der Waals surface area contributed by atoms with Crippen LogP contribution >= 0.6 is 0 Å². The van der Waals surface area contributed by atoms with Crippen molar-refractivity contribution in [2.45, 2.75) is 33.7 Å². The van der Waals surface area contributed by atoms with Gasteiger partial charge < -0.3 is 15.5 Å². The van der Waals surface area contributed by atoms with Crippen LogP contribution in [0.5, 0.6) is 0 Å². The van der Waals surface area contributed by atoms with Gasteiger partial charge in [-0.3, -0.25) is 4.79 Å². The molecule has 0 bridgehead atoms. The molecule has 0 aromatic heterocycles. The first-order chi connectivity index (χ1) is 12.0. The first-order valence-corrected chi connectivity index (χ1v) is 8.98. The standard InChI is InChI=1S/C21H29N3O/c1-5-24(6-2)19-12-13-20(16(3)14-19)23-21(25)15-22-17(4)18-10-8-7-9-11-18/h7-14,17,22H,5-6,15H2,1-4H3,(H,23,25). The summed E-state index contributed by atoms with van der Waals surface area (Å²) >= 11 is 0. The second-order valence-electron chi connectivity index (χ2n) is 6.23. The largest absolute Gasteiger partial charge is 0.372 e. The van der Waals surface area contributed by atoms with Crippen molar-refractivity contribution < 1.29 is 4.79 Å². The Morgan fingerprint density at radius 1 is 1.08 bits per heavy atom. The molecule has 0 fully saturated rings. The zero-order chi connectivity index (χ0) is 18.2. The van der Waals surface area contributed by atoms with Crippen molar-refractivity contribution in [1.29, 1.82) is 0 Å². The summed E-state index contributed by atoms with van der Waals surface area (Å²) in [6, 6.07) is 16.5. The molecule has 134 valence electrons. The maximum atomic E-state index is 12.2. The Bertz CT molecular complexity index is 681. The molecule has 2 N–H and O–H groups in total. The molecule has 0 spiro atoms. The molecule has 4 heteroatoms. The maximum Gasteiger partial charge on any atom is 0.238 e. The van der Waals surface area contributed by atoms with E-state index >= 15 is 0 Å². The van der Waals surface area contributed by atoms with Crippen molar-refractivity contribution in [2.24, 2.45) is 0 Å². The summed E-state index contributed by atoms with van der Waals surface area (Å²) in [4.78, 5) is 14.5. The summed E-state index contributed by atoms with van der Waals surface area (Å²) in [5.74, 6) is -0.0264. The van der Waals surface area contributed by atoms with Crippen LogP contribution in [0.1, 0.15) is 37.9 Å². The SMILES string of the molecule is CCN(CC)c1ccc(NC(=O)CNC(C)c2ccccc2)c(C)c1. The molecule has 0 radical (unpaired) electrons. The van der Waals surface area contributed by atoms with Gasteiger partial charge in [-0.1, -0.05) is 30.3 Å². The van der Waals surface area contributed by atoms with Crippen molar-refractivity contribution >= 4 is 17.3 Å². The van der Waals surface area contributed by atoms with E-state index in [4.69, 9.17) is 0 Å². The molecule has 0 aliphatic carbocycles. The van der Waals surface area contributed by atoms with Crippen LogP contribution < -0.4 is 15.5 Å². The average molecular weight is 339 g/mol. The fraction of sp³-hybridized carbons (Fsp3) is 0.381. The third-order valence-corrected chi connectivity index (χ3v) is 4.48. The summed E-state index contributed by atoms with van der Waals surface area (Å²) in [6.45, 7) is 10.6. The van der Waals surface area contributed by atoms with Gasteiger partial charge in [0.1, 0.15) is 0 Å². The number of nitrogens with one attached hydrogen (secondary N) is 2. The first-order valence-electron chi connectivity index (χ1n) is 8.98. The fourth-order valence-corrected chi connectivity index (χ4v) is 2.87. The highest BCUT2D eigenvalue weighted by molar-refractivity contribution is 5.93. The smallest absolute Gasteiger partial charge is 0.238 e. The summed E-state index contributed by atoms with van der Waals surface area (Å²) in [5.41, 5.74) is 4.32. The lowest BCUT2D eigenvalue weighted by Crippen LogP contribution is -2.30. The summed E-state index contributed by atoms with van der Waals surface area (Å²) in [5, 5.41) is 6.27. The Kier molecular flexibility index (Phi) is 7.02. The molecule has 2 aromatic carbocycles. The monoisotopic (exact) mass is 339 g/mol. The number of hydrogen-bond donors (Lipinski definition) is 2. The highest BCUT2D eigenvalue weighted by atomic mass is 16.1. The Hall–Kier alpha value is -2.33. The molecule has 1 amide bonds. The molecular weight excluding hydrogens is 310 g/mol. The molecule has 2 aromatic rings. The van der Waals surface area contributed by atoms with Crippen LogP contribution in [-0.2, 0) is 4.79 Å². The quantitative estimate of drug-likeness (QED) is 0.760. The highest BCUT2D eigenvalue weighted by Crippen LogP contribution is 2.22. The molecule has 0 aliphatic heterocycles. The van der Waals surface area contributed by atoms with Crippen LogP contribution in [0.25, 0.3) is 0 Å². The Labute approximate surface area is 151 Å². The normalized spacial score (nSPS) is 11.8. The number of carbonyl (C=O) groups excluding carboxylic acids is 1. The van der Waals surface area contributed by atoms with Crippen molar-refractivity contribution in [3.8, 4) is 0 Å². The van der Waals surface area contributed by atoms with E-state index in [9.17, 15) is 4.79 Å². The van der Waals surface area contributed by atoms with E-state index < -0.39 is 0 Å². The molecule has 0 saturated carbocycles. The highest BCUT2D eigenvalue weighted by Gasteiger charge is 2.10.